The van der Waals surface area contributed by atoms with Crippen LogP contribution in [0.3, 0.4) is 0 Å². The van der Waals surface area contributed by atoms with Gasteiger partial charge in [0.1, 0.15) is 0 Å². The van der Waals surface area contributed by atoms with Gasteiger partial charge in [-0.1, -0.05) is 0 Å². The Morgan fingerprint density at radius 1 is 0.900 bits per heavy atom. The van der Waals surface area contributed by atoms with Gasteiger partial charge in [0.15, 0.2) is 0 Å². The van der Waals surface area contributed by atoms with Crippen molar-refractivity contribution in [2.45, 2.75) is 0 Å². The Hall–Kier alpha value is 0.857. The standard InChI is InChI=1S/Li.H4O7P2.H/c;1-8(2,3)7-9(4,5)6;/h;(H2,1,2,3)(H2,4,5,6);. The summed E-state index contributed by atoms with van der Waals surface area (Å²) >= 11 is 0. The molecule has 58 valence electrons. The summed E-state index contributed by atoms with van der Waals surface area (Å²) in [5.74, 6) is 0. The average Bonchev–Trinajstić information content (AvgIpc) is 1.14. The fourth-order valence-electron chi connectivity index (χ4n) is 0.139. The summed E-state index contributed by atoms with van der Waals surface area (Å²) in [7, 11) is -10.1. The monoisotopic (exact) mass is 186 g/mol. The normalized spacial score (nSPS) is 12.4. The van der Waals surface area contributed by atoms with Gasteiger partial charge in [-0.05, 0) is 0 Å². The van der Waals surface area contributed by atoms with Gasteiger partial charge in [-0.15, -0.1) is 0 Å². The predicted molar refractivity (Wildman–Crippen MR) is 32.3 cm³/mol. The summed E-state index contributed by atoms with van der Waals surface area (Å²) in [6.45, 7) is 0. The summed E-state index contributed by atoms with van der Waals surface area (Å²) in [5.41, 5.74) is 0. The van der Waals surface area contributed by atoms with E-state index in [1.165, 1.54) is 0 Å². The third kappa shape index (κ3) is 11.6. The van der Waals surface area contributed by atoms with E-state index in [9.17, 15) is 9.13 Å². The van der Waals surface area contributed by atoms with E-state index in [2.05, 4.69) is 4.31 Å². The van der Waals surface area contributed by atoms with Gasteiger partial charge in [-0.3, -0.25) is 0 Å². The molecule has 0 aromatic carbocycles. The van der Waals surface area contributed by atoms with E-state index in [1.54, 1.807) is 0 Å². The van der Waals surface area contributed by atoms with Crippen molar-refractivity contribution < 1.29 is 33.0 Å². The Bertz CT molecular complexity index is 152. The molecule has 0 aliphatic heterocycles. The molecule has 4 N–H and O–H groups in total. The molecule has 0 heterocycles. The van der Waals surface area contributed by atoms with Gasteiger partial charge in [0.25, 0.3) is 0 Å². The van der Waals surface area contributed by atoms with Gasteiger partial charge >= 0.3 is 34.5 Å². The molecular weight excluding hydrogens is 181 g/mol. The van der Waals surface area contributed by atoms with Crippen LogP contribution in [-0.2, 0) is 13.4 Å². The van der Waals surface area contributed by atoms with Gasteiger partial charge in [0.2, 0.25) is 0 Å². The van der Waals surface area contributed by atoms with Crippen molar-refractivity contribution in [3.05, 3.63) is 0 Å². The minimum absolute atomic E-state index is 0. The summed E-state index contributed by atoms with van der Waals surface area (Å²) in [6, 6.07) is 0. The maximum absolute atomic E-state index is 9.63. The van der Waals surface area contributed by atoms with E-state index >= 15 is 0 Å². The van der Waals surface area contributed by atoms with Crippen LogP contribution in [0.5, 0.6) is 0 Å². The van der Waals surface area contributed by atoms with Crippen molar-refractivity contribution in [3.8, 4) is 0 Å². The van der Waals surface area contributed by atoms with Crippen molar-refractivity contribution in [1.29, 1.82) is 0 Å². The third-order valence-electron chi connectivity index (χ3n) is 0.213. The van der Waals surface area contributed by atoms with Crippen LogP contribution < -0.4 is 0 Å². The van der Waals surface area contributed by atoms with Crippen LogP contribution in [0.25, 0.3) is 0 Å². The molecule has 0 saturated heterocycles. The Balaban J connectivity index is 0. The third-order valence-corrected chi connectivity index (χ3v) is 1.91. The molecule has 0 aliphatic rings. The van der Waals surface area contributed by atoms with E-state index in [4.69, 9.17) is 19.6 Å². The SMILES string of the molecule is O=P(O)(O)OP(=O)(O)O.[LiH]. The first-order chi connectivity index (χ1) is 3.71. The summed E-state index contributed by atoms with van der Waals surface area (Å²) in [6.07, 6.45) is 0. The zero-order chi connectivity index (χ0) is 7.71. The number of hydrogen-bond acceptors (Lipinski definition) is 3. The van der Waals surface area contributed by atoms with Gasteiger partial charge in [-0.25, -0.2) is 9.13 Å². The molecule has 10 heavy (non-hydrogen) atoms. The molecule has 10 heteroatoms. The van der Waals surface area contributed by atoms with Crippen LogP contribution >= 0.6 is 15.6 Å². The molecule has 0 aromatic heterocycles. The van der Waals surface area contributed by atoms with Crippen molar-refractivity contribution in [1.82, 2.24) is 0 Å². The fourth-order valence-corrected chi connectivity index (χ4v) is 1.25. The molecule has 0 unspecified atom stereocenters. The van der Waals surface area contributed by atoms with Crippen molar-refractivity contribution in [2.75, 3.05) is 0 Å². The Kier molecular flexibility index (Phi) is 5.42. The van der Waals surface area contributed by atoms with E-state index in [-0.39, 0.29) is 18.9 Å². The van der Waals surface area contributed by atoms with E-state index < -0.39 is 15.6 Å². The molecule has 0 fully saturated rings. The van der Waals surface area contributed by atoms with Gasteiger partial charge in [0, 0.05) is 0 Å². The number of rotatable bonds is 2. The first-order valence-corrected chi connectivity index (χ1v) is 4.59. The van der Waals surface area contributed by atoms with Crippen LogP contribution in [0.2, 0.25) is 0 Å². The molecule has 0 amide bonds. The number of phosphoric acid groups is 2. The zero-order valence-electron chi connectivity index (χ0n) is 3.91. The Morgan fingerprint density at radius 2 is 1.10 bits per heavy atom. The summed E-state index contributed by atoms with van der Waals surface area (Å²) < 4.78 is 22.2. The fraction of sp³-hybridized carbons (Fsp3) is 0. The first kappa shape index (κ1) is 13.4. The zero-order valence-corrected chi connectivity index (χ0v) is 5.70. The maximum atomic E-state index is 9.63. The van der Waals surface area contributed by atoms with E-state index in [1.807, 2.05) is 0 Å². The van der Waals surface area contributed by atoms with Crippen LogP contribution in [0.15, 0.2) is 0 Å². The molecule has 0 spiro atoms. The molecule has 0 saturated carbocycles. The number of hydrogen-bond donors (Lipinski definition) is 4. The predicted octanol–water partition coefficient (Wildman–Crippen LogP) is -1.46. The van der Waals surface area contributed by atoms with Crippen molar-refractivity contribution in [3.63, 3.8) is 0 Å². The van der Waals surface area contributed by atoms with Gasteiger partial charge < -0.3 is 19.6 Å². The Labute approximate surface area is 68.1 Å². The van der Waals surface area contributed by atoms with Gasteiger partial charge in [0.05, 0.1) is 0 Å². The second-order valence-electron chi connectivity index (χ2n) is 1.06. The summed E-state index contributed by atoms with van der Waals surface area (Å²) in [4.78, 5) is 31.0. The quantitative estimate of drug-likeness (QED) is 0.306. The van der Waals surface area contributed by atoms with Crippen LogP contribution in [0, 0.1) is 0 Å². The van der Waals surface area contributed by atoms with Crippen molar-refractivity contribution in [2.24, 2.45) is 0 Å². The van der Waals surface area contributed by atoms with Crippen molar-refractivity contribution >= 4 is 34.5 Å². The molecule has 0 radical (unpaired) electrons. The summed E-state index contributed by atoms with van der Waals surface area (Å²) in [5, 5.41) is 0. The van der Waals surface area contributed by atoms with E-state index in [0.29, 0.717) is 0 Å². The first-order valence-electron chi connectivity index (χ1n) is 1.53. The molecule has 0 atom stereocenters. The topological polar surface area (TPSA) is 124 Å². The van der Waals surface area contributed by atoms with Crippen LogP contribution in [-0.4, -0.2) is 38.4 Å². The minimum atomic E-state index is -5.05. The van der Waals surface area contributed by atoms with Gasteiger partial charge in [-0.2, -0.15) is 4.31 Å². The molecule has 0 rings (SSSR count). The van der Waals surface area contributed by atoms with Crippen LogP contribution in [0.1, 0.15) is 0 Å². The van der Waals surface area contributed by atoms with E-state index in [0.717, 1.165) is 0 Å². The molecule has 7 nitrogen and oxygen atoms in total. The second-order valence-corrected chi connectivity index (χ2v) is 3.68. The molecular formula is H5LiO7P2. The Morgan fingerprint density at radius 3 is 1.10 bits per heavy atom. The van der Waals surface area contributed by atoms with Crippen LogP contribution in [0.4, 0.5) is 0 Å². The molecule has 0 bridgehead atoms. The average molecular weight is 186 g/mol. The molecule has 0 aromatic rings. The second kappa shape index (κ2) is 4.03. The molecule has 0 aliphatic carbocycles.